The molecule has 2 heterocycles. The van der Waals surface area contributed by atoms with Crippen molar-refractivity contribution in [3.8, 4) is 11.1 Å². The van der Waals surface area contributed by atoms with Gasteiger partial charge in [0, 0.05) is 22.5 Å². The third-order valence-electron chi connectivity index (χ3n) is 5.56. The molecule has 6 aromatic rings. The summed E-state index contributed by atoms with van der Waals surface area (Å²) in [6, 6.07) is 27.4. The lowest BCUT2D eigenvalue weighted by molar-refractivity contribution is 1.29. The van der Waals surface area contributed by atoms with Gasteiger partial charge in [-0.25, -0.2) is 15.0 Å². The van der Waals surface area contributed by atoms with E-state index in [0.29, 0.717) is 5.65 Å². The second kappa shape index (κ2) is 6.08. The molecule has 0 radical (unpaired) electrons. The summed E-state index contributed by atoms with van der Waals surface area (Å²) in [6.45, 7) is 2.09. The number of hydrogen-bond acceptors (Lipinski definition) is 3. The molecule has 0 unspecified atom stereocenters. The second-order valence-electron chi connectivity index (χ2n) is 7.44. The van der Waals surface area contributed by atoms with Gasteiger partial charge in [0.1, 0.15) is 5.52 Å². The van der Waals surface area contributed by atoms with E-state index in [1.54, 1.807) is 0 Å². The molecule has 2 aromatic heterocycles. The predicted molar refractivity (Wildman–Crippen MR) is 120 cm³/mol. The molecular formula is C26H17N3. The van der Waals surface area contributed by atoms with Crippen LogP contribution in [0.3, 0.4) is 0 Å². The van der Waals surface area contributed by atoms with E-state index in [1.807, 2.05) is 6.20 Å². The monoisotopic (exact) mass is 371 g/mol. The Labute approximate surface area is 167 Å². The van der Waals surface area contributed by atoms with E-state index in [4.69, 9.17) is 9.97 Å². The van der Waals surface area contributed by atoms with Crippen molar-refractivity contribution in [2.45, 2.75) is 6.92 Å². The molecule has 0 bridgehead atoms. The van der Waals surface area contributed by atoms with Gasteiger partial charge in [-0.2, -0.15) is 0 Å². The minimum absolute atomic E-state index is 0.675. The molecule has 0 aliphatic heterocycles. The Kier molecular flexibility index (Phi) is 3.38. The Balaban J connectivity index is 1.71. The zero-order chi connectivity index (χ0) is 19.4. The maximum atomic E-state index is 5.03. The normalized spacial score (nSPS) is 11.6. The molecule has 0 saturated carbocycles. The minimum atomic E-state index is 0.675. The molecule has 0 aliphatic carbocycles. The highest BCUT2D eigenvalue weighted by Gasteiger charge is 2.12. The molecule has 6 rings (SSSR count). The van der Waals surface area contributed by atoms with Crippen LogP contribution in [0.5, 0.6) is 0 Å². The summed E-state index contributed by atoms with van der Waals surface area (Å²) in [7, 11) is 0. The van der Waals surface area contributed by atoms with Gasteiger partial charge in [-0.05, 0) is 29.3 Å². The fraction of sp³-hybridized carbons (Fsp3) is 0.0385. The van der Waals surface area contributed by atoms with Gasteiger partial charge in [0.15, 0.2) is 5.65 Å². The van der Waals surface area contributed by atoms with Gasteiger partial charge in [0.2, 0.25) is 0 Å². The average molecular weight is 371 g/mol. The molecule has 3 heteroatoms. The molecule has 29 heavy (non-hydrogen) atoms. The highest BCUT2D eigenvalue weighted by molar-refractivity contribution is 6.23. The first-order valence-corrected chi connectivity index (χ1v) is 9.72. The van der Waals surface area contributed by atoms with Gasteiger partial charge in [-0.3, -0.25) is 0 Å². The molecule has 3 nitrogen and oxygen atoms in total. The van der Waals surface area contributed by atoms with Crippen LogP contribution in [0.2, 0.25) is 0 Å². The van der Waals surface area contributed by atoms with Crippen LogP contribution in [0.25, 0.3) is 54.9 Å². The largest absolute Gasteiger partial charge is 0.242 e. The number of aryl methyl sites for hydroxylation is 1. The van der Waals surface area contributed by atoms with Crippen molar-refractivity contribution in [1.82, 2.24) is 15.0 Å². The number of fused-ring (bicyclic) bond motifs is 7. The van der Waals surface area contributed by atoms with Crippen LogP contribution in [0.4, 0.5) is 0 Å². The van der Waals surface area contributed by atoms with Crippen LogP contribution in [0.15, 0.2) is 85.1 Å². The van der Waals surface area contributed by atoms with Gasteiger partial charge in [0.05, 0.1) is 11.0 Å². The number of rotatable bonds is 1. The molecule has 0 amide bonds. The first kappa shape index (κ1) is 16.1. The fourth-order valence-electron chi connectivity index (χ4n) is 4.08. The van der Waals surface area contributed by atoms with E-state index in [0.717, 1.165) is 38.4 Å². The quantitative estimate of drug-likeness (QED) is 0.246. The third kappa shape index (κ3) is 2.48. The molecule has 0 atom stereocenters. The van der Waals surface area contributed by atoms with Gasteiger partial charge in [0.25, 0.3) is 0 Å². The number of nitrogens with zero attached hydrogens (tertiary/aromatic N) is 3. The molecule has 0 saturated heterocycles. The SMILES string of the molecule is Cc1ccc(-c2cnc3nc4c5ccccc5c5ccccc5c4nc3c2)cc1. The molecule has 0 fully saturated rings. The van der Waals surface area contributed by atoms with Crippen molar-refractivity contribution in [2.24, 2.45) is 0 Å². The van der Waals surface area contributed by atoms with Gasteiger partial charge >= 0.3 is 0 Å². The molecular weight excluding hydrogens is 354 g/mol. The van der Waals surface area contributed by atoms with Crippen molar-refractivity contribution in [3.63, 3.8) is 0 Å². The predicted octanol–water partition coefficient (Wildman–Crippen LogP) is 6.46. The zero-order valence-electron chi connectivity index (χ0n) is 15.9. The maximum Gasteiger partial charge on any atom is 0.178 e. The van der Waals surface area contributed by atoms with Crippen LogP contribution in [-0.4, -0.2) is 15.0 Å². The van der Waals surface area contributed by atoms with Crippen LogP contribution in [-0.2, 0) is 0 Å². The Morgan fingerprint density at radius 3 is 1.83 bits per heavy atom. The molecule has 4 aromatic carbocycles. The first-order chi connectivity index (χ1) is 14.3. The topological polar surface area (TPSA) is 38.7 Å². The van der Waals surface area contributed by atoms with Crippen LogP contribution < -0.4 is 0 Å². The van der Waals surface area contributed by atoms with E-state index >= 15 is 0 Å². The lowest BCUT2D eigenvalue weighted by Gasteiger charge is -2.10. The van der Waals surface area contributed by atoms with Crippen molar-refractivity contribution < 1.29 is 0 Å². The third-order valence-corrected chi connectivity index (χ3v) is 5.56. The first-order valence-electron chi connectivity index (χ1n) is 9.72. The summed E-state index contributed by atoms with van der Waals surface area (Å²) < 4.78 is 0. The highest BCUT2D eigenvalue weighted by Crippen LogP contribution is 2.34. The molecule has 0 N–H and O–H groups in total. The fourth-order valence-corrected chi connectivity index (χ4v) is 4.08. The van der Waals surface area contributed by atoms with Gasteiger partial charge in [-0.1, -0.05) is 78.4 Å². The van der Waals surface area contributed by atoms with Crippen molar-refractivity contribution >= 4 is 43.7 Å². The lowest BCUT2D eigenvalue weighted by atomic mass is 9.99. The Bertz CT molecular complexity index is 1550. The summed E-state index contributed by atoms with van der Waals surface area (Å²) in [6.07, 6.45) is 1.89. The average Bonchev–Trinajstić information content (AvgIpc) is 2.78. The standard InChI is InChI=1S/C26H17N3/c1-16-10-12-17(13-11-16)18-14-23-26(27-15-18)29-25-22-9-5-3-7-20(22)19-6-2-4-8-21(19)24(25)28-23/h2-15H,1H3. The van der Waals surface area contributed by atoms with Crippen LogP contribution in [0, 0.1) is 6.92 Å². The van der Waals surface area contributed by atoms with Crippen molar-refractivity contribution in [3.05, 3.63) is 90.6 Å². The van der Waals surface area contributed by atoms with Crippen LogP contribution in [0.1, 0.15) is 5.56 Å². The summed E-state index contributed by atoms with van der Waals surface area (Å²) >= 11 is 0. The summed E-state index contributed by atoms with van der Waals surface area (Å²) in [5, 5.41) is 4.63. The van der Waals surface area contributed by atoms with Gasteiger partial charge < -0.3 is 0 Å². The number of aromatic nitrogens is 3. The van der Waals surface area contributed by atoms with Crippen LogP contribution >= 0.6 is 0 Å². The Morgan fingerprint density at radius 1 is 0.586 bits per heavy atom. The summed E-state index contributed by atoms with van der Waals surface area (Å²) in [5.74, 6) is 0. The van der Waals surface area contributed by atoms with Crippen molar-refractivity contribution in [1.29, 1.82) is 0 Å². The van der Waals surface area contributed by atoms with Crippen molar-refractivity contribution in [2.75, 3.05) is 0 Å². The smallest absolute Gasteiger partial charge is 0.178 e. The summed E-state index contributed by atoms with van der Waals surface area (Å²) in [4.78, 5) is 14.6. The molecule has 0 aliphatic rings. The highest BCUT2D eigenvalue weighted by atomic mass is 14.9. The van der Waals surface area contributed by atoms with E-state index < -0.39 is 0 Å². The summed E-state index contributed by atoms with van der Waals surface area (Å²) in [5.41, 5.74) is 6.75. The Hall–Kier alpha value is -3.85. The molecule has 136 valence electrons. The Morgan fingerprint density at radius 2 is 1.17 bits per heavy atom. The van der Waals surface area contributed by atoms with Gasteiger partial charge in [-0.15, -0.1) is 0 Å². The van der Waals surface area contributed by atoms with E-state index in [2.05, 4.69) is 90.8 Å². The number of pyridine rings is 1. The second-order valence-corrected chi connectivity index (χ2v) is 7.44. The minimum Gasteiger partial charge on any atom is -0.242 e. The molecule has 0 spiro atoms. The lowest BCUT2D eigenvalue weighted by Crippen LogP contribution is -1.94. The van der Waals surface area contributed by atoms with E-state index in [9.17, 15) is 0 Å². The maximum absolute atomic E-state index is 5.03. The number of hydrogen-bond donors (Lipinski definition) is 0. The number of benzene rings is 4. The van der Waals surface area contributed by atoms with E-state index in [1.165, 1.54) is 16.3 Å². The van der Waals surface area contributed by atoms with E-state index in [-0.39, 0.29) is 0 Å². The zero-order valence-corrected chi connectivity index (χ0v) is 15.9.